The molecule has 0 aromatic heterocycles. The zero-order valence-corrected chi connectivity index (χ0v) is 26.3. The highest BCUT2D eigenvalue weighted by molar-refractivity contribution is 5.96. The zero-order chi connectivity index (χ0) is 31.0. The van der Waals surface area contributed by atoms with Gasteiger partial charge in [-0.25, -0.2) is 0 Å². The largest absolute Gasteiger partial charge is 0.379 e. The highest BCUT2D eigenvalue weighted by Gasteiger charge is 2.35. The summed E-state index contributed by atoms with van der Waals surface area (Å²) in [5, 5.41) is 17.6. The third kappa shape index (κ3) is 18.2. The van der Waals surface area contributed by atoms with E-state index in [1.807, 2.05) is 46.9 Å². The first-order chi connectivity index (χ1) is 17.8. The van der Waals surface area contributed by atoms with Crippen molar-refractivity contribution in [1.82, 2.24) is 9.80 Å². The minimum absolute atomic E-state index is 0.0106. The van der Waals surface area contributed by atoms with Gasteiger partial charge in [0.15, 0.2) is 0 Å². The molecular formula is C30H54N6O3. The number of nitrogens with two attached hydrogens (primary N) is 2. The van der Waals surface area contributed by atoms with E-state index in [0.29, 0.717) is 19.3 Å². The molecular weight excluding hydrogens is 492 g/mol. The Bertz CT molecular complexity index is 885. The van der Waals surface area contributed by atoms with Gasteiger partial charge in [0.1, 0.15) is 23.3 Å². The van der Waals surface area contributed by atoms with Crippen LogP contribution in [0.2, 0.25) is 0 Å². The molecule has 1 heterocycles. The standard InChI is InChI=1S/C11H17N3O2.C11H17N3O.2C4H10/c1-11(2,7-9(8-12)10(13)15)14-3-5-16-6-4-14;1-11(2,14(3)9-4-5-9)6-8(7-12)10(13)15;2*1-4(2)3/h7H,3-6H2,1-2H3,(H2,13,15);6,9H,4-5H2,1-3H3,(H2,13,15);2*4H,1-3H3/b9-7+;8-6+;;. The third-order valence-corrected chi connectivity index (χ3v) is 5.60. The van der Waals surface area contributed by atoms with Gasteiger partial charge in [0, 0.05) is 30.2 Å². The van der Waals surface area contributed by atoms with Crippen molar-refractivity contribution >= 4 is 11.8 Å². The third-order valence-electron chi connectivity index (χ3n) is 5.60. The van der Waals surface area contributed by atoms with E-state index in [0.717, 1.165) is 24.9 Å². The van der Waals surface area contributed by atoms with Gasteiger partial charge in [0.25, 0.3) is 11.8 Å². The molecule has 0 bridgehead atoms. The molecule has 2 amide bonds. The molecule has 0 aromatic carbocycles. The summed E-state index contributed by atoms with van der Waals surface area (Å²) in [6.45, 7) is 23.8. The van der Waals surface area contributed by atoms with Crippen LogP contribution in [0.25, 0.3) is 0 Å². The number of morpholine rings is 1. The van der Waals surface area contributed by atoms with E-state index in [-0.39, 0.29) is 22.2 Å². The Morgan fingerprint density at radius 3 is 1.54 bits per heavy atom. The molecule has 0 unspecified atom stereocenters. The van der Waals surface area contributed by atoms with Crippen LogP contribution in [0.4, 0.5) is 0 Å². The molecule has 2 rings (SSSR count). The van der Waals surface area contributed by atoms with E-state index in [1.165, 1.54) is 12.8 Å². The van der Waals surface area contributed by atoms with Gasteiger partial charge in [0.2, 0.25) is 0 Å². The monoisotopic (exact) mass is 546 g/mol. The summed E-state index contributed by atoms with van der Waals surface area (Å²) < 4.78 is 5.25. The average Bonchev–Trinajstić information content (AvgIpc) is 3.66. The highest BCUT2D eigenvalue weighted by atomic mass is 16.5. The summed E-state index contributed by atoms with van der Waals surface area (Å²) in [6, 6.07) is 4.23. The van der Waals surface area contributed by atoms with Crippen molar-refractivity contribution in [3.05, 3.63) is 23.3 Å². The van der Waals surface area contributed by atoms with Crippen molar-refractivity contribution in [2.24, 2.45) is 23.3 Å². The SMILES string of the molecule is CC(C)(/C=C(\C#N)C(N)=O)N1CCOCC1.CC(C)C.CC(C)C.CN(C1CC1)C(C)(C)/C=C(\C#N)C(N)=O. The highest BCUT2D eigenvalue weighted by Crippen LogP contribution is 2.32. The first-order valence-electron chi connectivity index (χ1n) is 13.7. The number of carbonyl (C=O) groups is 2. The summed E-state index contributed by atoms with van der Waals surface area (Å²) in [5.74, 6) is 0.332. The molecule has 222 valence electrons. The molecule has 4 N–H and O–H groups in total. The molecule has 9 heteroatoms. The minimum Gasteiger partial charge on any atom is -0.379 e. The number of hydrogen-bond acceptors (Lipinski definition) is 7. The fourth-order valence-electron chi connectivity index (χ4n) is 3.29. The molecule has 1 saturated carbocycles. The van der Waals surface area contributed by atoms with Crippen LogP contribution < -0.4 is 11.5 Å². The van der Waals surface area contributed by atoms with Crippen LogP contribution in [-0.4, -0.2) is 72.1 Å². The van der Waals surface area contributed by atoms with Gasteiger partial charge in [-0.05, 0) is 71.6 Å². The Balaban J connectivity index is 0. The van der Waals surface area contributed by atoms with Gasteiger partial charge in [-0.15, -0.1) is 0 Å². The summed E-state index contributed by atoms with van der Waals surface area (Å²) in [6.07, 6.45) is 5.65. The van der Waals surface area contributed by atoms with Crippen LogP contribution in [0.15, 0.2) is 23.3 Å². The van der Waals surface area contributed by atoms with Gasteiger partial charge in [-0.2, -0.15) is 10.5 Å². The van der Waals surface area contributed by atoms with Crippen molar-refractivity contribution < 1.29 is 14.3 Å². The van der Waals surface area contributed by atoms with Crippen LogP contribution >= 0.6 is 0 Å². The predicted octanol–water partition coefficient (Wildman–Crippen LogP) is 4.15. The number of nitrogens with zero attached hydrogens (tertiary/aromatic N) is 4. The fourth-order valence-corrected chi connectivity index (χ4v) is 3.29. The van der Waals surface area contributed by atoms with Crippen molar-refractivity contribution in [2.75, 3.05) is 33.4 Å². The van der Waals surface area contributed by atoms with E-state index >= 15 is 0 Å². The summed E-state index contributed by atoms with van der Waals surface area (Å²) in [4.78, 5) is 26.2. The maximum atomic E-state index is 11.0. The second-order valence-electron chi connectivity index (χ2n) is 12.3. The summed E-state index contributed by atoms with van der Waals surface area (Å²) >= 11 is 0. The molecule has 2 aliphatic rings. The quantitative estimate of drug-likeness (QED) is 0.360. The Morgan fingerprint density at radius 1 is 0.872 bits per heavy atom. The number of nitriles is 2. The van der Waals surface area contributed by atoms with Gasteiger partial charge in [-0.1, -0.05) is 41.5 Å². The van der Waals surface area contributed by atoms with Crippen LogP contribution in [0, 0.1) is 34.5 Å². The zero-order valence-electron chi connectivity index (χ0n) is 26.3. The van der Waals surface area contributed by atoms with Gasteiger partial charge < -0.3 is 16.2 Å². The molecule has 0 atom stereocenters. The molecule has 0 aromatic rings. The molecule has 1 saturated heterocycles. The normalized spacial score (nSPS) is 16.5. The van der Waals surface area contributed by atoms with Crippen LogP contribution in [0.3, 0.4) is 0 Å². The fraction of sp³-hybridized carbons (Fsp3) is 0.733. The Kier molecular flexibility index (Phi) is 18.3. The van der Waals surface area contributed by atoms with Crippen molar-refractivity contribution in [3.8, 4) is 12.1 Å². The van der Waals surface area contributed by atoms with E-state index in [1.54, 1.807) is 12.2 Å². The summed E-state index contributed by atoms with van der Waals surface area (Å²) in [7, 11) is 2.00. The van der Waals surface area contributed by atoms with Gasteiger partial charge >= 0.3 is 0 Å². The minimum atomic E-state index is -0.677. The predicted molar refractivity (Wildman–Crippen MR) is 158 cm³/mol. The number of carbonyl (C=O) groups excluding carboxylic acids is 2. The molecule has 0 spiro atoms. The maximum Gasteiger partial charge on any atom is 0.259 e. The lowest BCUT2D eigenvalue weighted by molar-refractivity contribution is -0.115. The lowest BCUT2D eigenvalue weighted by atomic mass is 9.98. The first-order valence-corrected chi connectivity index (χ1v) is 13.7. The smallest absolute Gasteiger partial charge is 0.259 e. The first kappa shape index (κ1) is 38.4. The number of ether oxygens (including phenoxy) is 1. The average molecular weight is 547 g/mol. The lowest BCUT2D eigenvalue weighted by Crippen LogP contribution is -2.49. The molecule has 2 fully saturated rings. The van der Waals surface area contributed by atoms with Gasteiger partial charge in [-0.3, -0.25) is 19.4 Å². The lowest BCUT2D eigenvalue weighted by Gasteiger charge is -2.38. The second kappa shape index (κ2) is 18.5. The molecule has 0 radical (unpaired) electrons. The van der Waals surface area contributed by atoms with Crippen molar-refractivity contribution in [3.63, 3.8) is 0 Å². The van der Waals surface area contributed by atoms with Crippen molar-refractivity contribution in [2.45, 2.75) is 99.2 Å². The van der Waals surface area contributed by atoms with E-state index in [2.05, 4.69) is 51.3 Å². The summed E-state index contributed by atoms with van der Waals surface area (Å²) in [5.41, 5.74) is 9.59. The number of rotatable bonds is 7. The topological polar surface area (TPSA) is 149 Å². The number of hydrogen-bond donors (Lipinski definition) is 2. The van der Waals surface area contributed by atoms with Gasteiger partial charge in [0.05, 0.1) is 13.2 Å². The van der Waals surface area contributed by atoms with E-state index in [9.17, 15) is 9.59 Å². The number of primary amides is 2. The molecule has 9 nitrogen and oxygen atoms in total. The molecule has 1 aliphatic heterocycles. The van der Waals surface area contributed by atoms with Crippen molar-refractivity contribution in [1.29, 1.82) is 10.5 Å². The Labute approximate surface area is 237 Å². The molecule has 39 heavy (non-hydrogen) atoms. The number of amides is 2. The van der Waals surface area contributed by atoms with E-state index < -0.39 is 11.8 Å². The molecule has 1 aliphatic carbocycles. The maximum absolute atomic E-state index is 11.0. The number of likely N-dealkylation sites (N-methyl/N-ethyl adjacent to an activating group) is 1. The van der Waals surface area contributed by atoms with E-state index in [4.69, 9.17) is 26.7 Å². The van der Waals surface area contributed by atoms with Crippen LogP contribution in [-0.2, 0) is 14.3 Å². The Hall–Kier alpha value is -2.72. The Morgan fingerprint density at radius 2 is 1.23 bits per heavy atom. The second-order valence-corrected chi connectivity index (χ2v) is 12.3. The van der Waals surface area contributed by atoms with Crippen LogP contribution in [0.5, 0.6) is 0 Å². The van der Waals surface area contributed by atoms with Crippen LogP contribution in [0.1, 0.15) is 82.1 Å².